The molecule has 0 aliphatic heterocycles. The first kappa shape index (κ1) is 78.1. The lowest BCUT2D eigenvalue weighted by molar-refractivity contribution is -0.129. The van der Waals surface area contributed by atoms with Crippen LogP contribution in [0.15, 0.2) is 22.3 Å². The molecule has 4 unspecified atom stereocenters. The molecule has 0 heterocycles. The Labute approximate surface area is 518 Å². The van der Waals surface area contributed by atoms with Crippen LogP contribution in [-0.4, -0.2) is 155 Å². The van der Waals surface area contributed by atoms with Crippen molar-refractivity contribution in [2.45, 2.75) is 236 Å². The zero-order valence-corrected chi connectivity index (χ0v) is 56.2. The van der Waals surface area contributed by atoms with Crippen molar-refractivity contribution in [3.8, 4) is 0 Å². The maximum Gasteiger partial charge on any atom is 0.242 e. The summed E-state index contributed by atoms with van der Waals surface area (Å²) < 4.78 is 44.1. The maximum absolute atomic E-state index is 13.6. The van der Waals surface area contributed by atoms with Gasteiger partial charge in [0.05, 0.1) is 85.9 Å². The van der Waals surface area contributed by atoms with Gasteiger partial charge < -0.3 is 59.2 Å². The molecule has 0 radical (unpaired) electrons. The molecule has 0 bridgehead atoms. The molecule has 4 N–H and O–H groups in total. The number of ether oxygens (including phenoxy) is 8. The Bertz CT molecular complexity index is 1820. The number of carbonyl (C=O) groups excluding carboxylic acids is 4. The van der Waals surface area contributed by atoms with Gasteiger partial charge in [0.1, 0.15) is 6.04 Å². The zero-order chi connectivity index (χ0) is 62.4. The first-order valence-corrected chi connectivity index (χ1v) is 33.9. The molecule has 0 aromatic rings. The molecule has 0 fully saturated rings. The number of carbonyl (C=O) groups is 4. The van der Waals surface area contributed by atoms with E-state index in [-0.39, 0.29) is 36.0 Å². The summed E-state index contributed by atoms with van der Waals surface area (Å²) in [5.74, 6) is 1.65. The van der Waals surface area contributed by atoms with E-state index in [0.29, 0.717) is 192 Å². The van der Waals surface area contributed by atoms with Gasteiger partial charge in [-0.15, -0.1) is 0 Å². The Kier molecular flexibility index (Phi) is 45.0. The van der Waals surface area contributed by atoms with Gasteiger partial charge >= 0.3 is 0 Å². The van der Waals surface area contributed by atoms with Crippen LogP contribution in [0.1, 0.15) is 230 Å². The highest BCUT2D eigenvalue weighted by Gasteiger charge is 2.30. The minimum absolute atomic E-state index is 0.0612. The van der Waals surface area contributed by atoms with Crippen molar-refractivity contribution < 1.29 is 57.1 Å². The van der Waals surface area contributed by atoms with Crippen molar-refractivity contribution in [1.29, 1.82) is 0 Å². The van der Waals surface area contributed by atoms with Crippen LogP contribution in [0.5, 0.6) is 0 Å². The normalized spacial score (nSPS) is 16.9. The molecule has 16 heteroatoms. The smallest absolute Gasteiger partial charge is 0.242 e. The fourth-order valence-corrected chi connectivity index (χ4v) is 12.0. The Morgan fingerprint density at radius 3 is 1.27 bits per heavy atom. The second kappa shape index (κ2) is 48.9. The topological polar surface area (TPSA) is 190 Å². The molecule has 2 aliphatic carbocycles. The lowest BCUT2D eigenvalue weighted by atomic mass is 9.70. The molecule has 2 rings (SSSR count). The van der Waals surface area contributed by atoms with Crippen molar-refractivity contribution >= 4 is 23.6 Å². The SMILES string of the molecule is CCOCCOCCOCCOCCOCCC(=O)NCCCOCCOCCOCCCNC(=O)[C@H](CCCCNC(=O)CC(C)CCCC(C)CCC1=C(C)CCCC1(C)C)NC(=O)CC(C)CCCC(C)CCC1=C(C)CCCC1(C)C. The van der Waals surface area contributed by atoms with E-state index >= 15 is 0 Å². The summed E-state index contributed by atoms with van der Waals surface area (Å²) in [7, 11) is 0. The van der Waals surface area contributed by atoms with Gasteiger partial charge in [0.15, 0.2) is 0 Å². The number of rotatable bonds is 55. The summed E-state index contributed by atoms with van der Waals surface area (Å²) in [4.78, 5) is 52.1. The molecule has 496 valence electrons. The summed E-state index contributed by atoms with van der Waals surface area (Å²) in [6, 6.07) is -0.641. The van der Waals surface area contributed by atoms with Gasteiger partial charge in [-0.3, -0.25) is 19.2 Å². The summed E-state index contributed by atoms with van der Waals surface area (Å²) in [5, 5.41) is 12.1. The minimum Gasteiger partial charge on any atom is -0.379 e. The highest BCUT2D eigenvalue weighted by Crippen LogP contribution is 2.44. The van der Waals surface area contributed by atoms with Crippen molar-refractivity contribution in [3.05, 3.63) is 22.3 Å². The van der Waals surface area contributed by atoms with Crippen LogP contribution in [0.25, 0.3) is 0 Å². The largest absolute Gasteiger partial charge is 0.379 e. The van der Waals surface area contributed by atoms with Gasteiger partial charge in [-0.25, -0.2) is 0 Å². The van der Waals surface area contributed by atoms with E-state index in [9.17, 15) is 19.2 Å². The molecule has 0 spiro atoms. The predicted molar refractivity (Wildman–Crippen MR) is 344 cm³/mol. The van der Waals surface area contributed by atoms with E-state index in [1.807, 2.05) is 6.92 Å². The van der Waals surface area contributed by atoms with E-state index in [4.69, 9.17) is 37.9 Å². The van der Waals surface area contributed by atoms with Gasteiger partial charge in [0.2, 0.25) is 23.6 Å². The summed E-state index contributed by atoms with van der Waals surface area (Å²) in [5.41, 5.74) is 7.26. The molecule has 5 atom stereocenters. The monoisotopic (exact) mass is 1200 g/mol. The van der Waals surface area contributed by atoms with Crippen LogP contribution >= 0.6 is 0 Å². The lowest BCUT2D eigenvalue weighted by Gasteiger charge is -2.35. The quantitative estimate of drug-likeness (QED) is 0.0334. The summed E-state index contributed by atoms with van der Waals surface area (Å²) >= 11 is 0. The average molecular weight is 1210 g/mol. The fourth-order valence-electron chi connectivity index (χ4n) is 12.0. The Balaban J connectivity index is 1.61. The molecule has 4 amide bonds. The molecule has 85 heavy (non-hydrogen) atoms. The molecule has 2 aliphatic rings. The Morgan fingerprint density at radius 1 is 0.424 bits per heavy atom. The first-order chi connectivity index (χ1) is 40.8. The van der Waals surface area contributed by atoms with Crippen LogP contribution < -0.4 is 21.3 Å². The third-order valence-electron chi connectivity index (χ3n) is 17.4. The molecule has 16 nitrogen and oxygen atoms in total. The zero-order valence-electron chi connectivity index (χ0n) is 56.2. The Hall–Kier alpha value is -2.96. The average Bonchev–Trinajstić information content (AvgIpc) is 3.61. The third kappa shape index (κ3) is 40.3. The number of amides is 4. The molecular weight excluding hydrogens is 1080 g/mol. The van der Waals surface area contributed by atoms with Gasteiger partial charge in [-0.2, -0.15) is 0 Å². The number of unbranched alkanes of at least 4 members (excludes halogenated alkanes) is 1. The standard InChI is InChI=1S/C69H128N4O12/c1-12-78-41-42-82-49-50-85-52-51-84-48-45-81-40-32-64(74)70-36-19-38-79-43-46-83-47-44-80-39-20-37-72-67(77)63(73-66(76)54-58(5)24-16-22-56(3)29-31-62-60(7)26-18-34-69(62,10)11)27-13-14-35-71-65(75)53-57(4)23-15-21-55(2)28-30-61-59(6)25-17-33-68(61,8)9/h55-58,63H,12-54H2,1-11H3,(H,70,74)(H,71,75)(H,72,77)(H,73,76)/t55?,56?,57?,58?,63-/m0/s1. The van der Waals surface area contributed by atoms with Crippen LogP contribution in [0, 0.1) is 34.5 Å². The second-order valence-electron chi connectivity index (χ2n) is 26.3. The molecular formula is C69H128N4O12. The highest BCUT2D eigenvalue weighted by atomic mass is 16.6. The minimum atomic E-state index is -0.641. The fraction of sp³-hybridized carbons (Fsp3) is 0.884. The lowest BCUT2D eigenvalue weighted by Crippen LogP contribution is -2.47. The second-order valence-corrected chi connectivity index (χ2v) is 26.3. The van der Waals surface area contributed by atoms with Crippen LogP contribution in [0.4, 0.5) is 0 Å². The van der Waals surface area contributed by atoms with Gasteiger partial charge in [-0.05, 0) is 152 Å². The highest BCUT2D eigenvalue weighted by molar-refractivity contribution is 5.87. The van der Waals surface area contributed by atoms with Gasteiger partial charge in [-0.1, -0.05) is 116 Å². The molecule has 0 aromatic heterocycles. The van der Waals surface area contributed by atoms with E-state index in [1.54, 1.807) is 22.3 Å². The Morgan fingerprint density at radius 2 is 0.812 bits per heavy atom. The van der Waals surface area contributed by atoms with Crippen molar-refractivity contribution in [2.75, 3.05) is 125 Å². The molecule has 0 aromatic carbocycles. The van der Waals surface area contributed by atoms with Crippen molar-refractivity contribution in [1.82, 2.24) is 21.3 Å². The van der Waals surface area contributed by atoms with E-state index in [2.05, 4.69) is 90.5 Å². The van der Waals surface area contributed by atoms with Crippen LogP contribution in [-0.2, 0) is 57.1 Å². The first-order valence-electron chi connectivity index (χ1n) is 33.9. The number of allylic oxidation sites excluding steroid dienone is 4. The number of hydrogen-bond donors (Lipinski definition) is 4. The van der Waals surface area contributed by atoms with Crippen molar-refractivity contribution in [2.24, 2.45) is 34.5 Å². The van der Waals surface area contributed by atoms with Gasteiger partial charge in [0.25, 0.3) is 0 Å². The number of hydrogen-bond acceptors (Lipinski definition) is 12. The summed E-state index contributed by atoms with van der Waals surface area (Å²) in [6.07, 6.45) is 23.7. The van der Waals surface area contributed by atoms with E-state index in [1.165, 1.54) is 70.6 Å². The van der Waals surface area contributed by atoms with Gasteiger partial charge in [0, 0.05) is 58.7 Å². The van der Waals surface area contributed by atoms with Crippen LogP contribution in [0.2, 0.25) is 0 Å². The maximum atomic E-state index is 13.6. The number of nitrogens with one attached hydrogen (secondary N) is 4. The van der Waals surface area contributed by atoms with E-state index in [0.717, 1.165) is 38.5 Å². The molecule has 0 saturated carbocycles. The van der Waals surface area contributed by atoms with E-state index < -0.39 is 6.04 Å². The predicted octanol–water partition coefficient (Wildman–Crippen LogP) is 12.6. The molecule has 0 saturated heterocycles. The summed E-state index contributed by atoms with van der Waals surface area (Å²) in [6.45, 7) is 34.7. The third-order valence-corrected chi connectivity index (χ3v) is 17.4. The van der Waals surface area contributed by atoms with Crippen LogP contribution in [0.3, 0.4) is 0 Å². The van der Waals surface area contributed by atoms with Crippen molar-refractivity contribution in [3.63, 3.8) is 0 Å².